The van der Waals surface area contributed by atoms with Gasteiger partial charge >= 0.3 is 5.97 Å². The Bertz CT molecular complexity index is 184. The van der Waals surface area contributed by atoms with E-state index in [1.54, 1.807) is 0 Å². The number of nitrogens with one attached hydrogen (secondary N) is 1. The lowest BCUT2D eigenvalue weighted by Crippen LogP contribution is -2.15. The first-order chi connectivity index (χ1) is 6.63. The van der Waals surface area contributed by atoms with Crippen molar-refractivity contribution in [2.75, 3.05) is 13.1 Å². The van der Waals surface area contributed by atoms with E-state index < -0.39 is 5.97 Å². The predicted molar refractivity (Wildman–Crippen MR) is 58.4 cm³/mol. The van der Waals surface area contributed by atoms with Crippen molar-refractivity contribution in [1.82, 2.24) is 5.32 Å². The summed E-state index contributed by atoms with van der Waals surface area (Å²) in [5.74, 6) is -0.692. The third-order valence-electron chi connectivity index (χ3n) is 1.90. The van der Waals surface area contributed by atoms with Crippen LogP contribution in [0.15, 0.2) is 11.6 Å². The molecular formula is C11H21NO2. The topological polar surface area (TPSA) is 49.3 Å². The number of carboxylic acids is 1. The Morgan fingerprint density at radius 3 is 2.57 bits per heavy atom. The zero-order chi connectivity index (χ0) is 10.8. The molecule has 0 unspecified atom stereocenters. The van der Waals surface area contributed by atoms with E-state index in [0.29, 0.717) is 6.42 Å². The Morgan fingerprint density at radius 2 is 2.00 bits per heavy atom. The number of carbonyl (C=O) groups is 1. The van der Waals surface area contributed by atoms with E-state index in [1.807, 2.05) is 0 Å². The van der Waals surface area contributed by atoms with Crippen molar-refractivity contribution in [3.63, 3.8) is 0 Å². The molecule has 0 bridgehead atoms. The lowest BCUT2D eigenvalue weighted by molar-refractivity contribution is -0.137. The lowest BCUT2D eigenvalue weighted by Gasteiger charge is -2.01. The van der Waals surface area contributed by atoms with Crippen LogP contribution in [0.4, 0.5) is 0 Å². The van der Waals surface area contributed by atoms with Crippen molar-refractivity contribution >= 4 is 5.97 Å². The van der Waals surface area contributed by atoms with Crippen LogP contribution in [-0.4, -0.2) is 24.2 Å². The molecule has 0 saturated heterocycles. The third kappa shape index (κ3) is 11.2. The van der Waals surface area contributed by atoms with Crippen molar-refractivity contribution in [3.8, 4) is 0 Å². The van der Waals surface area contributed by atoms with Crippen molar-refractivity contribution in [3.05, 3.63) is 11.6 Å². The molecule has 0 aromatic rings. The summed E-state index contributed by atoms with van der Waals surface area (Å²) in [6.45, 7) is 6.05. The SMILES string of the molecule is CC(C)=CCNCCCCCC(=O)O. The molecule has 3 heteroatoms. The van der Waals surface area contributed by atoms with Gasteiger partial charge in [0.1, 0.15) is 0 Å². The summed E-state index contributed by atoms with van der Waals surface area (Å²) >= 11 is 0. The number of carboxylic acid groups (broad SMARTS) is 1. The maximum atomic E-state index is 10.2. The van der Waals surface area contributed by atoms with Crippen LogP contribution in [0.1, 0.15) is 39.5 Å². The summed E-state index contributed by atoms with van der Waals surface area (Å²) in [5, 5.41) is 11.7. The maximum Gasteiger partial charge on any atom is 0.303 e. The molecule has 82 valence electrons. The molecule has 2 N–H and O–H groups in total. The quantitative estimate of drug-likeness (QED) is 0.465. The highest BCUT2D eigenvalue weighted by atomic mass is 16.4. The van der Waals surface area contributed by atoms with E-state index >= 15 is 0 Å². The molecule has 0 radical (unpaired) electrons. The summed E-state index contributed by atoms with van der Waals surface area (Å²) in [5.41, 5.74) is 1.32. The van der Waals surface area contributed by atoms with Gasteiger partial charge in [0.15, 0.2) is 0 Å². The Morgan fingerprint density at radius 1 is 1.29 bits per heavy atom. The fourth-order valence-corrected chi connectivity index (χ4v) is 1.08. The van der Waals surface area contributed by atoms with E-state index in [0.717, 1.165) is 32.4 Å². The van der Waals surface area contributed by atoms with Crippen LogP contribution in [0.3, 0.4) is 0 Å². The van der Waals surface area contributed by atoms with Gasteiger partial charge in [-0.25, -0.2) is 0 Å². The first-order valence-corrected chi connectivity index (χ1v) is 5.19. The minimum absolute atomic E-state index is 0.300. The minimum atomic E-state index is -0.692. The van der Waals surface area contributed by atoms with Crippen molar-refractivity contribution in [2.24, 2.45) is 0 Å². The third-order valence-corrected chi connectivity index (χ3v) is 1.90. The van der Waals surface area contributed by atoms with Gasteiger partial charge in [-0.3, -0.25) is 4.79 Å². The molecule has 0 aliphatic carbocycles. The van der Waals surface area contributed by atoms with Crippen LogP contribution >= 0.6 is 0 Å². The molecule has 0 aliphatic heterocycles. The number of aliphatic carboxylic acids is 1. The number of hydrogen-bond donors (Lipinski definition) is 2. The van der Waals surface area contributed by atoms with Gasteiger partial charge in [0.25, 0.3) is 0 Å². The van der Waals surface area contributed by atoms with E-state index in [9.17, 15) is 4.79 Å². The van der Waals surface area contributed by atoms with Gasteiger partial charge in [0, 0.05) is 13.0 Å². The second-order valence-corrected chi connectivity index (χ2v) is 3.69. The maximum absolute atomic E-state index is 10.2. The fourth-order valence-electron chi connectivity index (χ4n) is 1.08. The van der Waals surface area contributed by atoms with Crippen LogP contribution < -0.4 is 5.32 Å². The molecule has 0 amide bonds. The predicted octanol–water partition coefficient (Wildman–Crippen LogP) is 2.19. The molecule has 0 rings (SSSR count). The van der Waals surface area contributed by atoms with Crippen LogP contribution in [0.25, 0.3) is 0 Å². The van der Waals surface area contributed by atoms with E-state index in [1.165, 1.54) is 5.57 Å². The molecule has 0 spiro atoms. The molecule has 0 saturated carbocycles. The smallest absolute Gasteiger partial charge is 0.303 e. The summed E-state index contributed by atoms with van der Waals surface area (Å²) < 4.78 is 0. The largest absolute Gasteiger partial charge is 0.481 e. The number of rotatable bonds is 8. The van der Waals surface area contributed by atoms with Crippen LogP contribution in [0.2, 0.25) is 0 Å². The van der Waals surface area contributed by atoms with Gasteiger partial charge in [0.05, 0.1) is 0 Å². The van der Waals surface area contributed by atoms with Gasteiger partial charge in [-0.2, -0.15) is 0 Å². The monoisotopic (exact) mass is 199 g/mol. The molecule has 0 fully saturated rings. The Balaban J connectivity index is 3.07. The highest BCUT2D eigenvalue weighted by Gasteiger charge is 1.95. The highest BCUT2D eigenvalue weighted by molar-refractivity contribution is 5.66. The van der Waals surface area contributed by atoms with Gasteiger partial charge < -0.3 is 10.4 Å². The first kappa shape index (κ1) is 13.2. The average Bonchev–Trinajstić information content (AvgIpc) is 2.08. The number of allylic oxidation sites excluding steroid dienone is 1. The Kier molecular flexibility index (Phi) is 8.24. The van der Waals surface area contributed by atoms with Crippen molar-refractivity contribution < 1.29 is 9.90 Å². The average molecular weight is 199 g/mol. The summed E-state index contributed by atoms with van der Waals surface area (Å²) in [7, 11) is 0. The second-order valence-electron chi connectivity index (χ2n) is 3.69. The zero-order valence-corrected chi connectivity index (χ0v) is 9.18. The Hall–Kier alpha value is -0.830. The molecule has 0 aliphatic rings. The fraction of sp³-hybridized carbons (Fsp3) is 0.727. The standard InChI is InChI=1S/C11H21NO2/c1-10(2)7-9-12-8-5-3-4-6-11(13)14/h7,12H,3-6,8-9H2,1-2H3,(H,13,14). The molecule has 3 nitrogen and oxygen atoms in total. The van der Waals surface area contributed by atoms with E-state index in [2.05, 4.69) is 25.2 Å². The lowest BCUT2D eigenvalue weighted by atomic mass is 10.2. The van der Waals surface area contributed by atoms with Gasteiger partial charge in [-0.05, 0) is 33.2 Å². The molecule has 0 atom stereocenters. The highest BCUT2D eigenvalue weighted by Crippen LogP contribution is 1.98. The van der Waals surface area contributed by atoms with E-state index in [4.69, 9.17) is 5.11 Å². The molecule has 0 heterocycles. The summed E-state index contributed by atoms with van der Waals surface area (Å²) in [6, 6.07) is 0. The molecule has 14 heavy (non-hydrogen) atoms. The summed E-state index contributed by atoms with van der Waals surface area (Å²) in [6.07, 6.45) is 5.29. The molecular weight excluding hydrogens is 178 g/mol. The van der Waals surface area contributed by atoms with E-state index in [-0.39, 0.29) is 0 Å². The normalized spacial score (nSPS) is 9.86. The van der Waals surface area contributed by atoms with Crippen LogP contribution in [0.5, 0.6) is 0 Å². The Labute approximate surface area is 86.2 Å². The minimum Gasteiger partial charge on any atom is -0.481 e. The van der Waals surface area contributed by atoms with Crippen molar-refractivity contribution in [2.45, 2.75) is 39.5 Å². The van der Waals surface area contributed by atoms with Gasteiger partial charge in [-0.1, -0.05) is 18.1 Å². The zero-order valence-electron chi connectivity index (χ0n) is 9.18. The number of hydrogen-bond acceptors (Lipinski definition) is 2. The first-order valence-electron chi connectivity index (χ1n) is 5.19. The van der Waals surface area contributed by atoms with Crippen molar-refractivity contribution in [1.29, 1.82) is 0 Å². The van der Waals surface area contributed by atoms with Gasteiger partial charge in [0.2, 0.25) is 0 Å². The summed E-state index contributed by atoms with van der Waals surface area (Å²) in [4.78, 5) is 10.2. The second kappa shape index (κ2) is 8.75. The van der Waals surface area contributed by atoms with Gasteiger partial charge in [-0.15, -0.1) is 0 Å². The van der Waals surface area contributed by atoms with Crippen LogP contribution in [0, 0.1) is 0 Å². The molecule has 0 aromatic heterocycles. The number of unbranched alkanes of at least 4 members (excludes halogenated alkanes) is 2. The van der Waals surface area contributed by atoms with Crippen LogP contribution in [-0.2, 0) is 4.79 Å². The molecule has 0 aromatic carbocycles.